The Labute approximate surface area is 126 Å². The zero-order chi connectivity index (χ0) is 15.5. The number of aromatic carboxylic acids is 1. The van der Waals surface area contributed by atoms with Crippen LogP contribution in [0, 0.1) is 11.3 Å². The topological polar surface area (TPSA) is 78.9 Å². The lowest BCUT2D eigenvalue weighted by Gasteiger charge is -2.08. The van der Waals surface area contributed by atoms with Gasteiger partial charge in [-0.15, -0.1) is 0 Å². The second-order valence-corrected chi connectivity index (χ2v) is 4.67. The Morgan fingerprint density at radius 2 is 1.95 bits per heavy atom. The van der Waals surface area contributed by atoms with Crippen LogP contribution in [-0.4, -0.2) is 20.6 Å². The molecule has 3 rings (SSSR count). The summed E-state index contributed by atoms with van der Waals surface area (Å²) in [5.74, 6) is -1.01. The summed E-state index contributed by atoms with van der Waals surface area (Å²) in [4.78, 5) is 15.2. The molecule has 106 valence electrons. The molecule has 5 nitrogen and oxygen atoms in total. The van der Waals surface area contributed by atoms with Gasteiger partial charge in [0, 0.05) is 24.2 Å². The normalized spacial score (nSPS) is 10.1. The number of hydrogen-bond acceptors (Lipinski definition) is 3. The minimum atomic E-state index is -1.01. The molecular formula is C17H11N3O2. The molecule has 1 aromatic carbocycles. The van der Waals surface area contributed by atoms with Gasteiger partial charge in [0.1, 0.15) is 6.07 Å². The van der Waals surface area contributed by atoms with Gasteiger partial charge < -0.3 is 9.67 Å². The maximum atomic E-state index is 11.0. The smallest absolute Gasteiger partial charge is 0.335 e. The number of hydrogen-bond donors (Lipinski definition) is 1. The maximum Gasteiger partial charge on any atom is 0.335 e. The lowest BCUT2D eigenvalue weighted by Crippen LogP contribution is -1.98. The van der Waals surface area contributed by atoms with Crippen molar-refractivity contribution in [3.63, 3.8) is 0 Å². The Bertz CT molecular complexity index is 877. The summed E-state index contributed by atoms with van der Waals surface area (Å²) in [5.41, 5.74) is 2.66. The molecule has 1 N–H and O–H groups in total. The average Bonchev–Trinajstić information content (AvgIpc) is 3.08. The Morgan fingerprint density at radius 3 is 2.64 bits per heavy atom. The Hall–Kier alpha value is -3.39. The first-order valence-corrected chi connectivity index (χ1v) is 6.56. The number of rotatable bonds is 3. The largest absolute Gasteiger partial charge is 0.478 e. The van der Waals surface area contributed by atoms with E-state index >= 15 is 0 Å². The van der Waals surface area contributed by atoms with Crippen molar-refractivity contribution < 1.29 is 9.90 Å². The molecule has 0 saturated carbocycles. The van der Waals surface area contributed by atoms with E-state index < -0.39 is 5.97 Å². The van der Waals surface area contributed by atoms with Gasteiger partial charge in [-0.2, -0.15) is 5.26 Å². The molecule has 0 amide bonds. The number of nitriles is 1. The van der Waals surface area contributed by atoms with Crippen molar-refractivity contribution in [2.75, 3.05) is 0 Å². The van der Waals surface area contributed by atoms with Crippen molar-refractivity contribution in [1.29, 1.82) is 5.26 Å². The van der Waals surface area contributed by atoms with Crippen LogP contribution in [0.4, 0.5) is 0 Å². The van der Waals surface area contributed by atoms with Crippen LogP contribution in [0.15, 0.2) is 61.1 Å². The van der Waals surface area contributed by atoms with Crippen molar-refractivity contribution in [3.8, 4) is 23.0 Å². The summed E-state index contributed by atoms with van der Waals surface area (Å²) in [6, 6.07) is 14.2. The highest BCUT2D eigenvalue weighted by atomic mass is 16.4. The molecule has 3 aromatic rings. The van der Waals surface area contributed by atoms with Gasteiger partial charge >= 0.3 is 5.97 Å². The average molecular weight is 289 g/mol. The standard InChI is InChI=1S/C17H11N3O2/c18-11-14-9-12(3-4-16(14)20-7-1-2-8-20)15-10-13(17(21)22)5-6-19-15/h1-10H,(H,21,22). The molecule has 2 heterocycles. The SMILES string of the molecule is N#Cc1cc(-c2cc(C(=O)O)ccn2)ccc1-n1cccc1. The van der Waals surface area contributed by atoms with Crippen molar-refractivity contribution in [2.45, 2.75) is 0 Å². The first-order valence-electron chi connectivity index (χ1n) is 6.56. The number of carboxylic acids is 1. The fraction of sp³-hybridized carbons (Fsp3) is 0. The van der Waals surface area contributed by atoms with Gasteiger partial charge in [-0.1, -0.05) is 6.07 Å². The van der Waals surface area contributed by atoms with E-state index in [1.54, 1.807) is 6.07 Å². The van der Waals surface area contributed by atoms with Crippen LogP contribution in [0.2, 0.25) is 0 Å². The summed E-state index contributed by atoms with van der Waals surface area (Å²) in [7, 11) is 0. The van der Waals surface area contributed by atoms with Gasteiger partial charge in [-0.3, -0.25) is 4.98 Å². The number of nitrogens with zero attached hydrogens (tertiary/aromatic N) is 3. The second kappa shape index (κ2) is 5.54. The summed E-state index contributed by atoms with van der Waals surface area (Å²) < 4.78 is 1.85. The van der Waals surface area contributed by atoms with E-state index in [0.29, 0.717) is 16.8 Å². The van der Waals surface area contributed by atoms with E-state index in [1.165, 1.54) is 18.3 Å². The molecule has 0 aliphatic rings. The van der Waals surface area contributed by atoms with Gasteiger partial charge in [-0.05, 0) is 36.4 Å². The molecule has 0 radical (unpaired) electrons. The molecule has 22 heavy (non-hydrogen) atoms. The van der Waals surface area contributed by atoms with Crippen LogP contribution in [0.5, 0.6) is 0 Å². The van der Waals surface area contributed by atoms with Gasteiger partial charge in [-0.25, -0.2) is 4.79 Å². The van der Waals surface area contributed by atoms with Crippen LogP contribution in [0.25, 0.3) is 16.9 Å². The van der Waals surface area contributed by atoms with Crippen LogP contribution < -0.4 is 0 Å². The molecule has 0 fully saturated rings. The molecule has 0 saturated heterocycles. The zero-order valence-corrected chi connectivity index (χ0v) is 11.5. The number of benzene rings is 1. The molecular weight excluding hydrogens is 278 g/mol. The molecule has 2 aromatic heterocycles. The molecule has 0 aliphatic carbocycles. The third-order valence-electron chi connectivity index (χ3n) is 3.30. The van der Waals surface area contributed by atoms with E-state index in [9.17, 15) is 10.1 Å². The highest BCUT2D eigenvalue weighted by molar-refractivity contribution is 5.88. The number of carboxylic acid groups (broad SMARTS) is 1. The minimum absolute atomic E-state index is 0.165. The molecule has 5 heteroatoms. The van der Waals surface area contributed by atoms with Crippen molar-refractivity contribution in [3.05, 3.63) is 72.2 Å². The highest BCUT2D eigenvalue weighted by Gasteiger charge is 2.09. The number of pyridine rings is 1. The van der Waals surface area contributed by atoms with E-state index in [-0.39, 0.29) is 5.56 Å². The van der Waals surface area contributed by atoms with Crippen LogP contribution >= 0.6 is 0 Å². The number of carbonyl (C=O) groups is 1. The van der Waals surface area contributed by atoms with E-state index in [0.717, 1.165) is 5.69 Å². The molecule has 0 spiro atoms. The van der Waals surface area contributed by atoms with E-state index in [1.807, 2.05) is 41.2 Å². The summed E-state index contributed by atoms with van der Waals surface area (Å²) in [6.07, 6.45) is 5.17. The van der Waals surface area contributed by atoms with Gasteiger partial charge in [0.15, 0.2) is 0 Å². The fourth-order valence-electron chi connectivity index (χ4n) is 2.23. The summed E-state index contributed by atoms with van der Waals surface area (Å²) in [5, 5.41) is 18.4. The fourth-order valence-corrected chi connectivity index (χ4v) is 2.23. The van der Waals surface area contributed by atoms with Gasteiger partial charge in [0.05, 0.1) is 22.5 Å². The van der Waals surface area contributed by atoms with Crippen molar-refractivity contribution >= 4 is 5.97 Å². The highest BCUT2D eigenvalue weighted by Crippen LogP contribution is 2.23. The molecule has 0 bridgehead atoms. The maximum absolute atomic E-state index is 11.0. The predicted octanol–water partition coefficient (Wildman–Crippen LogP) is 3.11. The quantitative estimate of drug-likeness (QED) is 0.803. The monoisotopic (exact) mass is 289 g/mol. The minimum Gasteiger partial charge on any atom is -0.478 e. The molecule has 0 unspecified atom stereocenters. The van der Waals surface area contributed by atoms with Gasteiger partial charge in [0.25, 0.3) is 0 Å². The lowest BCUT2D eigenvalue weighted by atomic mass is 10.0. The van der Waals surface area contributed by atoms with Crippen LogP contribution in [0.1, 0.15) is 15.9 Å². The second-order valence-electron chi connectivity index (χ2n) is 4.67. The van der Waals surface area contributed by atoms with Crippen LogP contribution in [0.3, 0.4) is 0 Å². The third-order valence-corrected chi connectivity index (χ3v) is 3.30. The first-order chi connectivity index (χ1) is 10.7. The van der Waals surface area contributed by atoms with Crippen molar-refractivity contribution in [2.24, 2.45) is 0 Å². The third kappa shape index (κ3) is 2.45. The number of aromatic nitrogens is 2. The first kappa shape index (κ1) is 13.6. The lowest BCUT2D eigenvalue weighted by molar-refractivity contribution is 0.0697. The van der Waals surface area contributed by atoms with E-state index in [4.69, 9.17) is 5.11 Å². The van der Waals surface area contributed by atoms with E-state index in [2.05, 4.69) is 11.1 Å². The Balaban J connectivity index is 2.08. The Kier molecular flexibility index (Phi) is 3.42. The van der Waals surface area contributed by atoms with Crippen LogP contribution in [-0.2, 0) is 0 Å². The zero-order valence-electron chi connectivity index (χ0n) is 11.5. The van der Waals surface area contributed by atoms with Crippen molar-refractivity contribution in [1.82, 2.24) is 9.55 Å². The summed E-state index contributed by atoms with van der Waals surface area (Å²) in [6.45, 7) is 0. The molecule has 0 atom stereocenters. The predicted molar refractivity (Wildman–Crippen MR) is 80.7 cm³/mol. The van der Waals surface area contributed by atoms with Gasteiger partial charge in [0.2, 0.25) is 0 Å². The summed E-state index contributed by atoms with van der Waals surface area (Å²) >= 11 is 0. The Morgan fingerprint density at radius 1 is 1.18 bits per heavy atom. The molecule has 0 aliphatic heterocycles.